The van der Waals surface area contributed by atoms with E-state index in [-0.39, 0.29) is 120 Å². The zero-order valence-electron chi connectivity index (χ0n) is 72.9. The van der Waals surface area contributed by atoms with Crippen LogP contribution in [0.4, 0.5) is 0 Å². The molecule has 0 aromatic heterocycles. The Morgan fingerprint density at radius 2 is 0.551 bits per heavy atom. The molecule has 26 N–H and O–H groups in total. The summed E-state index contributed by atoms with van der Waals surface area (Å²) < 4.78 is 0. The number of unbranched alkanes of at least 4 members (excludes halogenated alkanes) is 4. The summed E-state index contributed by atoms with van der Waals surface area (Å²) in [5.74, 6) is -17.9. The SMILES string of the molecule is CCCCCCCC(O)CC(=O)N[C@@H](CC(C)C)C(=O)N[C@@H](CCC(=O)O)C(=O)N[C@@H](CCN)C(=O)N[C@H](C(=O)N[C@@H](CC(C)C)C(=O)N[C@@H](CCN)C(=O)N[C@@H](CO)C(=O)N[C@H](C(=O)N[C@@H](CC(C)C)C(=O)N[C@@H](CC(C)C)C(=O)N[C@@H](CCN)C(=O)N[C@@H](CC(C)C)C(=O)N[C@@H](CCN)C(=O)N[C@H](C(=O)O)[C@@H](C)CC)C(C)C)C(C)C. The number of nitrogens with one attached hydrogen (secondary N) is 14. The van der Waals surface area contributed by atoms with E-state index in [4.69, 9.17) is 22.9 Å². The summed E-state index contributed by atoms with van der Waals surface area (Å²) in [6.07, 6.45) is 2.59. The average Bonchev–Trinajstić information content (AvgIpc) is 0.849. The van der Waals surface area contributed by atoms with Crippen LogP contribution in [0.1, 0.15) is 240 Å². The molecule has 1 unspecified atom stereocenters. The predicted molar refractivity (Wildman–Crippen MR) is 444 cm³/mol. The number of hydrogen-bond donors (Lipinski definition) is 22. The molecule has 38 heteroatoms. The zero-order valence-corrected chi connectivity index (χ0v) is 72.9. The number of carboxylic acids is 2. The maximum Gasteiger partial charge on any atom is 0.326 e. The lowest BCUT2D eigenvalue weighted by atomic mass is 9.98. The first-order valence-electron chi connectivity index (χ1n) is 42.0. The van der Waals surface area contributed by atoms with Gasteiger partial charge in [0.1, 0.15) is 84.6 Å². The van der Waals surface area contributed by atoms with E-state index in [0.717, 1.165) is 25.7 Å². The van der Waals surface area contributed by atoms with Crippen molar-refractivity contribution in [3.8, 4) is 0 Å². The van der Waals surface area contributed by atoms with Crippen LogP contribution in [0, 0.1) is 47.3 Å². The molecule has 0 spiro atoms. The number of aliphatic hydroxyl groups excluding tert-OH is 2. The minimum atomic E-state index is -1.78. The van der Waals surface area contributed by atoms with E-state index in [1.54, 1.807) is 111 Å². The molecular formula is C80H148N18O20. The van der Waals surface area contributed by atoms with Gasteiger partial charge >= 0.3 is 11.9 Å². The maximum atomic E-state index is 14.5. The molecule has 0 bridgehead atoms. The minimum Gasteiger partial charge on any atom is -0.481 e. The van der Waals surface area contributed by atoms with Crippen molar-refractivity contribution in [1.29, 1.82) is 0 Å². The highest BCUT2D eigenvalue weighted by Crippen LogP contribution is 2.18. The van der Waals surface area contributed by atoms with Gasteiger partial charge in [-0.2, -0.15) is 0 Å². The number of amides is 14. The van der Waals surface area contributed by atoms with Crippen LogP contribution in [0.5, 0.6) is 0 Å². The van der Waals surface area contributed by atoms with Crippen LogP contribution in [0.15, 0.2) is 0 Å². The number of nitrogens with two attached hydrogens (primary N) is 4. The maximum absolute atomic E-state index is 14.5. The van der Waals surface area contributed by atoms with E-state index >= 15 is 0 Å². The molecule has 0 aromatic rings. The molecule has 0 aliphatic carbocycles. The van der Waals surface area contributed by atoms with E-state index in [1.165, 1.54) is 0 Å². The van der Waals surface area contributed by atoms with Crippen molar-refractivity contribution in [3.63, 3.8) is 0 Å². The number of carboxylic acid groups (broad SMARTS) is 2. The lowest BCUT2D eigenvalue weighted by Crippen LogP contribution is -2.62. The van der Waals surface area contributed by atoms with Gasteiger partial charge in [-0.25, -0.2) is 4.79 Å². The Bertz CT molecular complexity index is 3180. The van der Waals surface area contributed by atoms with E-state index in [1.807, 2.05) is 0 Å². The fourth-order valence-corrected chi connectivity index (χ4v) is 12.8. The highest BCUT2D eigenvalue weighted by Gasteiger charge is 2.40. The molecular weight excluding hydrogens is 1530 g/mol. The largest absolute Gasteiger partial charge is 0.481 e. The van der Waals surface area contributed by atoms with Crippen LogP contribution in [-0.4, -0.2) is 239 Å². The first kappa shape index (κ1) is 109. The second-order valence-corrected chi connectivity index (χ2v) is 33.5. The molecule has 0 saturated heterocycles. The Labute approximate surface area is 696 Å². The third-order valence-corrected chi connectivity index (χ3v) is 19.5. The van der Waals surface area contributed by atoms with E-state index < -0.39 is 223 Å². The van der Waals surface area contributed by atoms with Gasteiger partial charge in [0.25, 0.3) is 0 Å². The van der Waals surface area contributed by atoms with Gasteiger partial charge in [0, 0.05) is 6.42 Å². The summed E-state index contributed by atoms with van der Waals surface area (Å²) in [6.45, 7) is 27.8. The Balaban J connectivity index is 6.76. The van der Waals surface area contributed by atoms with Gasteiger partial charge in [-0.05, 0) is 144 Å². The third kappa shape index (κ3) is 43.3. The lowest BCUT2D eigenvalue weighted by molar-refractivity contribution is -0.144. The van der Waals surface area contributed by atoms with Crippen molar-refractivity contribution >= 4 is 94.6 Å². The Hall–Kier alpha value is -8.72. The molecule has 38 nitrogen and oxygen atoms in total. The quantitative estimate of drug-likeness (QED) is 0.0318. The van der Waals surface area contributed by atoms with E-state index in [0.29, 0.717) is 19.3 Å². The molecule has 118 heavy (non-hydrogen) atoms. The normalized spacial score (nSPS) is 15.6. The van der Waals surface area contributed by atoms with Gasteiger partial charge < -0.3 is 118 Å². The summed E-state index contributed by atoms with van der Waals surface area (Å²) >= 11 is 0. The molecule has 0 aliphatic heterocycles. The second kappa shape index (κ2) is 58.2. The first-order chi connectivity index (χ1) is 55.3. The third-order valence-electron chi connectivity index (χ3n) is 19.5. The molecule has 0 radical (unpaired) electrons. The summed E-state index contributed by atoms with van der Waals surface area (Å²) in [5, 5.41) is 76.9. The first-order valence-corrected chi connectivity index (χ1v) is 42.0. The molecule has 0 rings (SSSR count). The Morgan fingerprint density at radius 1 is 0.297 bits per heavy atom. The van der Waals surface area contributed by atoms with Crippen molar-refractivity contribution in [1.82, 2.24) is 74.4 Å². The smallest absolute Gasteiger partial charge is 0.326 e. The molecule has 0 saturated carbocycles. The monoisotopic (exact) mass is 1680 g/mol. The number of carbonyl (C=O) groups excluding carboxylic acids is 14. The number of aliphatic carboxylic acids is 2. The van der Waals surface area contributed by atoms with Crippen LogP contribution in [-0.2, 0) is 76.7 Å². The Morgan fingerprint density at radius 3 is 0.822 bits per heavy atom. The van der Waals surface area contributed by atoms with E-state index in [9.17, 15) is 97.1 Å². The van der Waals surface area contributed by atoms with Crippen molar-refractivity contribution in [2.24, 2.45) is 70.3 Å². The molecule has 0 aromatic carbocycles. The van der Waals surface area contributed by atoms with Crippen molar-refractivity contribution in [2.45, 2.75) is 330 Å². The number of rotatable bonds is 62. The highest BCUT2D eigenvalue weighted by atomic mass is 16.4. The van der Waals surface area contributed by atoms with Crippen LogP contribution in [0.3, 0.4) is 0 Å². The highest BCUT2D eigenvalue weighted by molar-refractivity contribution is 6.00. The van der Waals surface area contributed by atoms with Crippen LogP contribution >= 0.6 is 0 Å². The summed E-state index contributed by atoms with van der Waals surface area (Å²) in [4.78, 5) is 221. The summed E-state index contributed by atoms with van der Waals surface area (Å²) in [6, 6.07) is -19.7. The molecule has 678 valence electrons. The fourth-order valence-electron chi connectivity index (χ4n) is 12.8. The number of aliphatic hydroxyl groups is 2. The lowest BCUT2D eigenvalue weighted by Gasteiger charge is -2.30. The van der Waals surface area contributed by atoms with Crippen molar-refractivity contribution in [3.05, 3.63) is 0 Å². The topological polar surface area (TPSA) is 627 Å². The van der Waals surface area contributed by atoms with E-state index in [2.05, 4.69) is 81.4 Å². The number of hydrogen-bond acceptors (Lipinski definition) is 22. The van der Waals surface area contributed by atoms with Crippen molar-refractivity contribution in [2.75, 3.05) is 32.8 Å². The van der Waals surface area contributed by atoms with Gasteiger partial charge in [0.2, 0.25) is 82.7 Å². The molecule has 14 amide bonds. The van der Waals surface area contributed by atoms with Crippen LogP contribution in [0.25, 0.3) is 0 Å². The van der Waals surface area contributed by atoms with Gasteiger partial charge in [0.15, 0.2) is 0 Å². The van der Waals surface area contributed by atoms with Crippen molar-refractivity contribution < 1.29 is 97.1 Å². The second-order valence-electron chi connectivity index (χ2n) is 33.5. The van der Waals surface area contributed by atoms with Gasteiger partial charge in [-0.15, -0.1) is 0 Å². The number of carbonyl (C=O) groups is 16. The van der Waals surface area contributed by atoms with Gasteiger partial charge in [-0.3, -0.25) is 71.9 Å². The molecule has 16 atom stereocenters. The zero-order chi connectivity index (χ0) is 90.4. The fraction of sp³-hybridized carbons (Fsp3) is 0.800. The van der Waals surface area contributed by atoms with Gasteiger partial charge in [-0.1, -0.05) is 156 Å². The van der Waals surface area contributed by atoms with Crippen LogP contribution in [0.2, 0.25) is 0 Å². The molecule has 0 fully saturated rings. The van der Waals surface area contributed by atoms with Gasteiger partial charge in [0.05, 0.1) is 19.1 Å². The predicted octanol–water partition coefficient (Wildman–Crippen LogP) is -1.19. The Kier molecular flexibility index (Phi) is 53.9. The minimum absolute atomic E-state index is 0.00342. The summed E-state index contributed by atoms with van der Waals surface area (Å²) in [7, 11) is 0. The average molecular weight is 1680 g/mol. The molecule has 0 aliphatic rings. The van der Waals surface area contributed by atoms with Crippen LogP contribution < -0.4 is 97.4 Å². The standard InChI is InChI=1S/C80H148N18O20/c1-18-20-21-22-23-24-50(100)40-62(101)85-56(35-42(3)4)72(109)86-51(25-26-63(102)103)67(104)87-54(29-33-83)70(107)96-64(47(13)14)78(115)93-59(38-45(9)10)75(112)89-53(28-32-82)69(106)95-61(41-99)77(114)97-65(48(15)16)79(116)94-60(39-46(11)12)76(113)92-58(37-44(7)8)74(111)88-52(27-31-81)68(105)91-57(36-43(5)6)73(110)90-55(30-34-84)71(108)98-66(80(117)118)49(17)19-2/h42-61,64-66,99-100H,18-41,81-84H2,1-17H3,(H,85,101)(H,86,109)(H,87,104)(H,88,111)(H,89,112)(H,90,110)(H,91,105)(H,92,113)(H,93,115)(H,94,116)(H,95,106)(H,96,107)(H,97,114)(H,98,108)(H,102,103)(H,117,118)/t49-,50?,51-,52-,53-,54-,55-,56-,57-,58-,59-,60-,61-,64-,65-,66-/m0/s1. The molecule has 0 heterocycles. The summed E-state index contributed by atoms with van der Waals surface area (Å²) in [5.41, 5.74) is 23.6.